The van der Waals surface area contributed by atoms with Gasteiger partial charge in [0.25, 0.3) is 0 Å². The lowest BCUT2D eigenvalue weighted by molar-refractivity contribution is 0.0630. The molecule has 5 nitrogen and oxygen atoms in total. The first-order valence-electron chi connectivity index (χ1n) is 7.20. The van der Waals surface area contributed by atoms with E-state index in [-0.39, 0.29) is 6.04 Å². The minimum Gasteiger partial charge on any atom is -0.381 e. The molecule has 1 unspecified atom stereocenters. The molecule has 0 aromatic carbocycles. The van der Waals surface area contributed by atoms with Crippen molar-refractivity contribution in [3.05, 3.63) is 24.0 Å². The van der Waals surface area contributed by atoms with Crippen LogP contribution in [0.5, 0.6) is 0 Å². The number of unbranched alkanes of at least 4 members (excludes halogenated alkanes) is 1. The molecule has 0 spiro atoms. The molecule has 0 amide bonds. The van der Waals surface area contributed by atoms with E-state index >= 15 is 0 Å². The van der Waals surface area contributed by atoms with Crippen molar-refractivity contribution in [2.45, 2.75) is 44.6 Å². The van der Waals surface area contributed by atoms with E-state index in [4.69, 9.17) is 10.6 Å². The van der Waals surface area contributed by atoms with E-state index in [9.17, 15) is 0 Å². The van der Waals surface area contributed by atoms with Crippen LogP contribution in [-0.2, 0) is 4.74 Å². The molecule has 1 aromatic rings. The smallest absolute Gasteiger partial charge is 0.0544 e. The monoisotopic (exact) mass is 264 g/mol. The van der Waals surface area contributed by atoms with Gasteiger partial charge in [0.15, 0.2) is 0 Å². The van der Waals surface area contributed by atoms with Gasteiger partial charge in [-0.2, -0.15) is 10.2 Å². The molecular weight excluding hydrogens is 240 g/mol. The van der Waals surface area contributed by atoms with Crippen LogP contribution in [-0.4, -0.2) is 23.4 Å². The highest BCUT2D eigenvalue weighted by Gasteiger charge is 2.14. The van der Waals surface area contributed by atoms with Crippen LogP contribution in [0.2, 0.25) is 0 Å². The van der Waals surface area contributed by atoms with E-state index in [1.54, 1.807) is 12.4 Å². The molecular formula is C14H24N4O. The number of aromatic nitrogens is 2. The molecule has 1 fully saturated rings. The maximum absolute atomic E-state index is 5.62. The maximum atomic E-state index is 5.62. The summed E-state index contributed by atoms with van der Waals surface area (Å²) in [6.07, 6.45) is 10.8. The predicted molar refractivity (Wildman–Crippen MR) is 74.1 cm³/mol. The summed E-state index contributed by atoms with van der Waals surface area (Å²) in [5.41, 5.74) is 3.98. The van der Waals surface area contributed by atoms with Crippen LogP contribution in [0.3, 0.4) is 0 Å². The van der Waals surface area contributed by atoms with Crippen molar-refractivity contribution in [3.8, 4) is 0 Å². The highest BCUT2D eigenvalue weighted by atomic mass is 16.5. The second-order valence-electron chi connectivity index (χ2n) is 5.24. The van der Waals surface area contributed by atoms with Gasteiger partial charge in [0.2, 0.25) is 0 Å². The lowest BCUT2D eigenvalue weighted by atomic mass is 9.93. The molecule has 0 radical (unpaired) electrons. The summed E-state index contributed by atoms with van der Waals surface area (Å²) < 4.78 is 5.38. The number of nitrogens with two attached hydrogens (primary N) is 1. The lowest BCUT2D eigenvalue weighted by Gasteiger charge is -2.22. The van der Waals surface area contributed by atoms with Gasteiger partial charge in [-0.3, -0.25) is 11.3 Å². The summed E-state index contributed by atoms with van der Waals surface area (Å²) in [5.74, 6) is 6.48. The Hall–Kier alpha value is -1.04. The van der Waals surface area contributed by atoms with Gasteiger partial charge in [-0.15, -0.1) is 0 Å². The Morgan fingerprint density at radius 3 is 2.84 bits per heavy atom. The number of nitrogens with zero attached hydrogens (tertiary/aromatic N) is 2. The third-order valence-corrected chi connectivity index (χ3v) is 3.91. The molecule has 2 rings (SSSR count). The van der Waals surface area contributed by atoms with E-state index in [1.165, 1.54) is 32.1 Å². The average Bonchev–Trinajstić information content (AvgIpc) is 2.49. The maximum Gasteiger partial charge on any atom is 0.0544 e. The second-order valence-corrected chi connectivity index (χ2v) is 5.24. The fourth-order valence-corrected chi connectivity index (χ4v) is 2.67. The average molecular weight is 264 g/mol. The molecule has 1 aromatic heterocycles. The first-order valence-corrected chi connectivity index (χ1v) is 7.20. The SMILES string of the molecule is NNC(CCCCC1CCOCC1)c1ccnnc1. The van der Waals surface area contributed by atoms with Gasteiger partial charge in [0.05, 0.1) is 6.20 Å². The fraction of sp³-hybridized carbons (Fsp3) is 0.714. The number of nitrogens with one attached hydrogen (secondary N) is 1. The number of rotatable bonds is 7. The van der Waals surface area contributed by atoms with E-state index < -0.39 is 0 Å². The first-order chi connectivity index (χ1) is 9.40. The van der Waals surface area contributed by atoms with Crippen molar-refractivity contribution in [2.75, 3.05) is 13.2 Å². The van der Waals surface area contributed by atoms with Crippen molar-refractivity contribution in [3.63, 3.8) is 0 Å². The highest BCUT2D eigenvalue weighted by Crippen LogP contribution is 2.23. The van der Waals surface area contributed by atoms with Crippen LogP contribution in [0, 0.1) is 5.92 Å². The van der Waals surface area contributed by atoms with Gasteiger partial charge in [0, 0.05) is 25.5 Å². The first kappa shape index (κ1) is 14.4. The number of hydrogen-bond acceptors (Lipinski definition) is 5. The van der Waals surface area contributed by atoms with Gasteiger partial charge in [-0.25, -0.2) is 0 Å². The molecule has 0 bridgehead atoms. The quantitative estimate of drug-likeness (QED) is 0.447. The summed E-state index contributed by atoms with van der Waals surface area (Å²) in [6.45, 7) is 1.89. The van der Waals surface area contributed by atoms with Crippen LogP contribution in [0.15, 0.2) is 18.5 Å². The van der Waals surface area contributed by atoms with Crippen molar-refractivity contribution < 1.29 is 4.74 Å². The van der Waals surface area contributed by atoms with Gasteiger partial charge in [-0.1, -0.05) is 19.3 Å². The summed E-state index contributed by atoms with van der Waals surface area (Å²) in [7, 11) is 0. The lowest BCUT2D eigenvalue weighted by Crippen LogP contribution is -2.28. The number of ether oxygens (including phenoxy) is 1. The van der Waals surface area contributed by atoms with Crippen molar-refractivity contribution in [2.24, 2.45) is 11.8 Å². The number of hydrogen-bond donors (Lipinski definition) is 2. The Morgan fingerprint density at radius 1 is 1.32 bits per heavy atom. The zero-order chi connectivity index (χ0) is 13.3. The van der Waals surface area contributed by atoms with Gasteiger partial charge in [0.1, 0.15) is 0 Å². The van der Waals surface area contributed by atoms with Crippen LogP contribution >= 0.6 is 0 Å². The van der Waals surface area contributed by atoms with Crippen molar-refractivity contribution in [1.82, 2.24) is 15.6 Å². The van der Waals surface area contributed by atoms with Gasteiger partial charge < -0.3 is 4.74 Å². The van der Waals surface area contributed by atoms with Crippen LogP contribution in [0.1, 0.15) is 50.1 Å². The van der Waals surface area contributed by atoms with E-state index in [2.05, 4.69) is 15.6 Å². The van der Waals surface area contributed by atoms with Crippen molar-refractivity contribution in [1.29, 1.82) is 0 Å². The Labute approximate surface area is 114 Å². The third-order valence-electron chi connectivity index (χ3n) is 3.91. The van der Waals surface area contributed by atoms with E-state index in [1.807, 2.05) is 6.07 Å². The van der Waals surface area contributed by atoms with Crippen molar-refractivity contribution >= 4 is 0 Å². The molecule has 1 atom stereocenters. The molecule has 1 saturated heterocycles. The minimum absolute atomic E-state index is 0.185. The topological polar surface area (TPSA) is 73.1 Å². The summed E-state index contributed by atoms with van der Waals surface area (Å²) in [6, 6.07) is 2.15. The molecule has 19 heavy (non-hydrogen) atoms. The van der Waals surface area contributed by atoms with Crippen LogP contribution in [0.4, 0.5) is 0 Å². The molecule has 3 N–H and O–H groups in total. The molecule has 0 aliphatic carbocycles. The number of hydrazine groups is 1. The Bertz CT molecular complexity index is 341. The predicted octanol–water partition coefficient (Wildman–Crippen LogP) is 1.97. The second kappa shape index (κ2) is 8.19. The van der Waals surface area contributed by atoms with Gasteiger partial charge >= 0.3 is 0 Å². The normalized spacial score (nSPS) is 18.4. The molecule has 1 aliphatic heterocycles. The zero-order valence-corrected chi connectivity index (χ0v) is 11.4. The molecule has 5 heteroatoms. The Morgan fingerprint density at radius 2 is 2.16 bits per heavy atom. The Balaban J connectivity index is 1.66. The highest BCUT2D eigenvalue weighted by molar-refractivity contribution is 5.10. The summed E-state index contributed by atoms with van der Waals surface area (Å²) in [4.78, 5) is 0. The largest absolute Gasteiger partial charge is 0.381 e. The standard InChI is InChI=1S/C14H24N4O/c15-18-14(13-5-8-16-17-11-13)4-2-1-3-12-6-9-19-10-7-12/h5,8,11-12,14,18H,1-4,6-7,9-10,15H2. The molecule has 1 aliphatic rings. The molecule has 106 valence electrons. The summed E-state index contributed by atoms with van der Waals surface area (Å²) >= 11 is 0. The van der Waals surface area contributed by atoms with E-state index in [0.717, 1.165) is 31.1 Å². The van der Waals surface area contributed by atoms with Crippen LogP contribution in [0.25, 0.3) is 0 Å². The summed E-state index contributed by atoms with van der Waals surface area (Å²) in [5, 5.41) is 7.69. The van der Waals surface area contributed by atoms with E-state index in [0.29, 0.717) is 0 Å². The molecule has 2 heterocycles. The molecule has 0 saturated carbocycles. The van der Waals surface area contributed by atoms with Gasteiger partial charge in [-0.05, 0) is 36.8 Å². The third kappa shape index (κ3) is 4.86. The van der Waals surface area contributed by atoms with Crippen LogP contribution < -0.4 is 11.3 Å². The Kier molecular flexibility index (Phi) is 6.20. The fourth-order valence-electron chi connectivity index (χ4n) is 2.67. The minimum atomic E-state index is 0.185. The zero-order valence-electron chi connectivity index (χ0n) is 11.4.